The van der Waals surface area contributed by atoms with Gasteiger partial charge in [-0.3, -0.25) is 9.69 Å². The maximum atomic E-state index is 13.0. The van der Waals surface area contributed by atoms with E-state index in [1.165, 1.54) is 4.90 Å². The van der Waals surface area contributed by atoms with Crippen LogP contribution in [0.25, 0.3) is 0 Å². The van der Waals surface area contributed by atoms with Gasteiger partial charge in [0.15, 0.2) is 0 Å². The summed E-state index contributed by atoms with van der Waals surface area (Å²) in [6, 6.07) is 9.85. The lowest BCUT2D eigenvalue weighted by atomic mass is 10.1. The molecule has 0 N–H and O–H groups in total. The summed E-state index contributed by atoms with van der Waals surface area (Å²) in [6.45, 7) is 1.91. The van der Waals surface area contributed by atoms with E-state index in [1.54, 1.807) is 0 Å². The molecule has 4 nitrogen and oxygen atoms in total. The summed E-state index contributed by atoms with van der Waals surface area (Å²) in [5.41, 5.74) is -3.07. The van der Waals surface area contributed by atoms with E-state index in [1.807, 2.05) is 30.3 Å². The molecule has 1 amide bonds. The minimum atomic E-state index is -5.09. The highest BCUT2D eigenvalue weighted by molar-refractivity contribution is 5.92. The molecule has 0 bridgehead atoms. The second-order valence-electron chi connectivity index (χ2n) is 6.68. The zero-order valence-corrected chi connectivity index (χ0v) is 15.1. The maximum absolute atomic E-state index is 13.0. The second-order valence-corrected chi connectivity index (χ2v) is 6.68. The Hall–Kier alpha value is -2.62. The average molecular weight is 417 g/mol. The summed E-state index contributed by atoms with van der Waals surface area (Å²) < 4.78 is 77.7. The molecular formula is C19H17F6N3O. The third-order valence-corrected chi connectivity index (χ3v) is 4.57. The molecule has 1 aromatic carbocycles. The molecule has 0 aliphatic carbocycles. The van der Waals surface area contributed by atoms with E-state index in [4.69, 9.17) is 0 Å². The van der Waals surface area contributed by atoms with E-state index in [9.17, 15) is 31.1 Å². The van der Waals surface area contributed by atoms with Gasteiger partial charge in [-0.25, -0.2) is 4.98 Å². The predicted molar refractivity (Wildman–Crippen MR) is 91.9 cm³/mol. The van der Waals surface area contributed by atoms with Crippen LogP contribution in [0.1, 0.15) is 27.3 Å². The van der Waals surface area contributed by atoms with Gasteiger partial charge in [0.25, 0.3) is 5.91 Å². The number of amides is 1. The van der Waals surface area contributed by atoms with Crippen molar-refractivity contribution >= 4 is 5.91 Å². The molecule has 0 unspecified atom stereocenters. The molecule has 1 fully saturated rings. The number of hydrogen-bond donors (Lipinski definition) is 0. The van der Waals surface area contributed by atoms with Crippen molar-refractivity contribution in [3.8, 4) is 0 Å². The van der Waals surface area contributed by atoms with Crippen molar-refractivity contribution in [1.29, 1.82) is 0 Å². The smallest absolute Gasteiger partial charge is 0.335 e. The monoisotopic (exact) mass is 417 g/mol. The van der Waals surface area contributed by atoms with Gasteiger partial charge >= 0.3 is 12.4 Å². The molecule has 0 atom stereocenters. The summed E-state index contributed by atoms with van der Waals surface area (Å²) in [6.07, 6.45) is -10.1. The lowest BCUT2D eigenvalue weighted by molar-refractivity contribution is -0.145. The third kappa shape index (κ3) is 5.26. The van der Waals surface area contributed by atoms with Gasteiger partial charge in [-0.05, 0) is 17.7 Å². The van der Waals surface area contributed by atoms with E-state index in [0.717, 1.165) is 5.56 Å². The highest BCUT2D eigenvalue weighted by Gasteiger charge is 2.39. The van der Waals surface area contributed by atoms with Crippen molar-refractivity contribution in [2.45, 2.75) is 18.9 Å². The number of pyridine rings is 1. The van der Waals surface area contributed by atoms with E-state index in [2.05, 4.69) is 9.88 Å². The third-order valence-electron chi connectivity index (χ3n) is 4.57. The lowest BCUT2D eigenvalue weighted by Crippen LogP contribution is -2.48. The molecule has 1 saturated heterocycles. The highest BCUT2D eigenvalue weighted by Crippen LogP contribution is 2.35. The Kier molecular flexibility index (Phi) is 5.83. The molecule has 2 heterocycles. The van der Waals surface area contributed by atoms with Crippen molar-refractivity contribution in [2.24, 2.45) is 0 Å². The number of hydrogen-bond acceptors (Lipinski definition) is 3. The molecule has 0 saturated carbocycles. The number of benzene rings is 1. The van der Waals surface area contributed by atoms with E-state index < -0.39 is 35.2 Å². The number of halogens is 6. The zero-order valence-electron chi connectivity index (χ0n) is 15.1. The molecule has 0 radical (unpaired) electrons. The summed E-state index contributed by atoms with van der Waals surface area (Å²) in [5.74, 6) is -0.944. The average Bonchev–Trinajstić information content (AvgIpc) is 2.67. The largest absolute Gasteiger partial charge is 0.433 e. The Morgan fingerprint density at radius 3 is 2.07 bits per heavy atom. The number of carbonyl (C=O) groups excluding carboxylic acids is 1. The Morgan fingerprint density at radius 2 is 1.52 bits per heavy atom. The molecule has 2 aromatic rings. The molecule has 3 rings (SSSR count). The molecule has 1 aromatic heterocycles. The molecule has 29 heavy (non-hydrogen) atoms. The van der Waals surface area contributed by atoms with Gasteiger partial charge in [-0.15, -0.1) is 0 Å². The summed E-state index contributed by atoms with van der Waals surface area (Å²) >= 11 is 0. The van der Waals surface area contributed by atoms with Gasteiger partial charge in [-0.2, -0.15) is 26.3 Å². The molecule has 156 valence electrons. The number of rotatable bonds is 3. The van der Waals surface area contributed by atoms with Gasteiger partial charge in [0.1, 0.15) is 11.4 Å². The van der Waals surface area contributed by atoms with Crippen LogP contribution in [-0.4, -0.2) is 46.9 Å². The molecule has 1 aliphatic heterocycles. The van der Waals surface area contributed by atoms with E-state index in [-0.39, 0.29) is 19.2 Å². The van der Waals surface area contributed by atoms with Crippen LogP contribution in [0.2, 0.25) is 0 Å². The second kappa shape index (κ2) is 8.02. The van der Waals surface area contributed by atoms with E-state index in [0.29, 0.717) is 25.7 Å². The van der Waals surface area contributed by atoms with Gasteiger partial charge in [0.2, 0.25) is 0 Å². The van der Waals surface area contributed by atoms with Gasteiger partial charge in [0.05, 0.1) is 5.56 Å². The first kappa shape index (κ1) is 21.1. The van der Waals surface area contributed by atoms with Crippen LogP contribution in [0.3, 0.4) is 0 Å². The van der Waals surface area contributed by atoms with Crippen molar-refractivity contribution in [2.75, 3.05) is 26.2 Å². The minimum Gasteiger partial charge on any atom is -0.335 e. The van der Waals surface area contributed by atoms with Crippen LogP contribution in [0.15, 0.2) is 42.5 Å². The number of nitrogens with zero attached hydrogens (tertiary/aromatic N) is 3. The Bertz CT molecular complexity index is 826. The van der Waals surface area contributed by atoms with E-state index >= 15 is 0 Å². The number of carbonyl (C=O) groups is 1. The van der Waals surface area contributed by atoms with Crippen LogP contribution in [0.5, 0.6) is 0 Å². The SMILES string of the molecule is O=C(c1cc(C(F)(F)F)cc(C(F)(F)F)n1)N1CCN(Cc2ccccc2)CC1. The molecular weight excluding hydrogens is 400 g/mol. The minimum absolute atomic E-state index is 0.0887. The van der Waals surface area contributed by atoms with Crippen LogP contribution in [0, 0.1) is 0 Å². The first-order chi connectivity index (χ1) is 13.5. The molecule has 10 heteroatoms. The zero-order chi connectivity index (χ0) is 21.2. The van der Waals surface area contributed by atoms with Crippen LogP contribution >= 0.6 is 0 Å². The topological polar surface area (TPSA) is 36.4 Å². The first-order valence-corrected chi connectivity index (χ1v) is 8.76. The predicted octanol–water partition coefficient (Wildman–Crippen LogP) is 4.08. The van der Waals surface area contributed by atoms with Gasteiger partial charge < -0.3 is 4.90 Å². The first-order valence-electron chi connectivity index (χ1n) is 8.76. The molecule has 0 spiro atoms. The standard InChI is InChI=1S/C19H17F6N3O/c20-18(21,22)14-10-15(26-16(11-14)19(23,24)25)17(29)28-8-6-27(7-9-28)12-13-4-2-1-3-5-13/h1-5,10-11H,6-9,12H2. The number of alkyl halides is 6. The summed E-state index contributed by atoms with van der Waals surface area (Å²) in [4.78, 5) is 19.0. The van der Waals surface area contributed by atoms with Crippen molar-refractivity contribution in [3.63, 3.8) is 0 Å². The fourth-order valence-corrected chi connectivity index (χ4v) is 3.06. The Labute approximate surface area is 162 Å². The van der Waals surface area contributed by atoms with Crippen LogP contribution in [-0.2, 0) is 18.9 Å². The number of aromatic nitrogens is 1. The fourth-order valence-electron chi connectivity index (χ4n) is 3.06. The van der Waals surface area contributed by atoms with Crippen molar-refractivity contribution in [3.05, 3.63) is 65.0 Å². The Balaban J connectivity index is 1.73. The van der Waals surface area contributed by atoms with Crippen LogP contribution in [0.4, 0.5) is 26.3 Å². The van der Waals surface area contributed by atoms with Crippen molar-refractivity contribution < 1.29 is 31.1 Å². The van der Waals surface area contributed by atoms with Gasteiger partial charge in [0, 0.05) is 32.7 Å². The summed E-state index contributed by atoms with van der Waals surface area (Å²) in [5, 5.41) is 0. The normalized spacial score (nSPS) is 16.1. The fraction of sp³-hybridized carbons (Fsp3) is 0.368. The quantitative estimate of drug-likeness (QED) is 0.707. The Morgan fingerprint density at radius 1 is 0.897 bits per heavy atom. The lowest BCUT2D eigenvalue weighted by Gasteiger charge is -2.34. The van der Waals surface area contributed by atoms with Gasteiger partial charge in [-0.1, -0.05) is 30.3 Å². The van der Waals surface area contributed by atoms with Crippen LogP contribution < -0.4 is 0 Å². The maximum Gasteiger partial charge on any atom is 0.433 e. The number of piperazine rings is 1. The van der Waals surface area contributed by atoms with Crippen molar-refractivity contribution in [1.82, 2.24) is 14.8 Å². The highest BCUT2D eigenvalue weighted by atomic mass is 19.4. The summed E-state index contributed by atoms with van der Waals surface area (Å²) in [7, 11) is 0. The molecule has 1 aliphatic rings.